The van der Waals surface area contributed by atoms with E-state index in [4.69, 9.17) is 4.74 Å². The summed E-state index contributed by atoms with van der Waals surface area (Å²) < 4.78 is 4.99. The van der Waals surface area contributed by atoms with Crippen molar-refractivity contribution in [3.05, 3.63) is 23.8 Å². The van der Waals surface area contributed by atoms with Gasteiger partial charge in [-0.05, 0) is 24.5 Å². The molecule has 0 aliphatic rings. The molecule has 2 N–H and O–H groups in total. The molecule has 0 heterocycles. The monoisotopic (exact) mass is 224 g/mol. The van der Waals surface area contributed by atoms with Crippen LogP contribution in [0.25, 0.3) is 0 Å². The largest absolute Gasteiger partial charge is 0.508 e. The van der Waals surface area contributed by atoms with Gasteiger partial charge in [0.1, 0.15) is 11.5 Å². The van der Waals surface area contributed by atoms with Crippen LogP contribution < -0.4 is 0 Å². The number of rotatable bonds is 4. The molecule has 1 aromatic carbocycles. The fraction of sp³-hybridized carbons (Fsp3) is 0.417. The molecule has 88 valence electrons. The molecule has 16 heavy (non-hydrogen) atoms. The third kappa shape index (κ3) is 3.81. The summed E-state index contributed by atoms with van der Waals surface area (Å²) in [4.78, 5) is 11.5. The van der Waals surface area contributed by atoms with E-state index in [1.54, 1.807) is 0 Å². The minimum absolute atomic E-state index is 0.154. The van der Waals surface area contributed by atoms with E-state index in [2.05, 4.69) is 0 Å². The Kier molecular flexibility index (Phi) is 4.17. The summed E-state index contributed by atoms with van der Waals surface area (Å²) >= 11 is 0. The van der Waals surface area contributed by atoms with Crippen molar-refractivity contribution in [3.8, 4) is 11.5 Å². The van der Waals surface area contributed by atoms with E-state index in [1.807, 2.05) is 13.8 Å². The number of ether oxygens (including phenoxy) is 1. The van der Waals surface area contributed by atoms with Crippen molar-refractivity contribution in [1.29, 1.82) is 0 Å². The molecule has 0 fully saturated rings. The molecular formula is C12H16O4. The molecule has 4 nitrogen and oxygen atoms in total. The normalized spacial score (nSPS) is 10.4. The van der Waals surface area contributed by atoms with Crippen molar-refractivity contribution in [2.75, 3.05) is 6.61 Å². The fourth-order valence-electron chi connectivity index (χ4n) is 1.18. The first-order chi connectivity index (χ1) is 7.49. The van der Waals surface area contributed by atoms with Gasteiger partial charge < -0.3 is 14.9 Å². The average molecular weight is 224 g/mol. The van der Waals surface area contributed by atoms with Crippen LogP contribution in [0, 0.1) is 5.92 Å². The van der Waals surface area contributed by atoms with Crippen LogP contribution in [-0.2, 0) is 4.74 Å². The lowest BCUT2D eigenvalue weighted by atomic mass is 10.1. The highest BCUT2D eigenvalue weighted by Crippen LogP contribution is 2.20. The number of benzene rings is 1. The number of aromatic hydroxyl groups is 2. The summed E-state index contributed by atoms with van der Waals surface area (Å²) in [5.74, 6) is -0.385. The zero-order valence-corrected chi connectivity index (χ0v) is 9.43. The molecule has 0 radical (unpaired) electrons. The Bertz CT molecular complexity index is 351. The second-order valence-corrected chi connectivity index (χ2v) is 4.06. The molecule has 0 unspecified atom stereocenters. The van der Waals surface area contributed by atoms with Crippen molar-refractivity contribution in [2.45, 2.75) is 20.3 Å². The zero-order chi connectivity index (χ0) is 12.1. The summed E-state index contributed by atoms with van der Waals surface area (Å²) in [5, 5.41) is 18.4. The first-order valence-corrected chi connectivity index (χ1v) is 5.19. The van der Waals surface area contributed by atoms with Crippen molar-refractivity contribution >= 4 is 5.97 Å². The van der Waals surface area contributed by atoms with Gasteiger partial charge in [-0.25, -0.2) is 4.79 Å². The molecule has 1 rings (SSSR count). The first-order valence-electron chi connectivity index (χ1n) is 5.19. The van der Waals surface area contributed by atoms with Crippen LogP contribution in [0.5, 0.6) is 11.5 Å². The smallest absolute Gasteiger partial charge is 0.338 e. The van der Waals surface area contributed by atoms with Crippen LogP contribution in [0.15, 0.2) is 18.2 Å². The summed E-state index contributed by atoms with van der Waals surface area (Å²) in [6, 6.07) is 3.68. The highest BCUT2D eigenvalue weighted by atomic mass is 16.5. The van der Waals surface area contributed by atoms with E-state index < -0.39 is 5.97 Å². The lowest BCUT2D eigenvalue weighted by molar-refractivity contribution is 0.0487. The van der Waals surface area contributed by atoms with Gasteiger partial charge >= 0.3 is 5.97 Å². The molecule has 0 aromatic heterocycles. The summed E-state index contributed by atoms with van der Waals surface area (Å²) in [5.41, 5.74) is 0.154. The number of hydrogen-bond acceptors (Lipinski definition) is 4. The van der Waals surface area contributed by atoms with Crippen molar-refractivity contribution in [1.82, 2.24) is 0 Å². The molecule has 0 saturated carbocycles. The van der Waals surface area contributed by atoms with E-state index in [-0.39, 0.29) is 17.1 Å². The van der Waals surface area contributed by atoms with Gasteiger partial charge in [0.15, 0.2) is 0 Å². The Labute approximate surface area is 94.5 Å². The van der Waals surface area contributed by atoms with E-state index in [0.717, 1.165) is 12.5 Å². The van der Waals surface area contributed by atoms with Crippen LogP contribution in [0.4, 0.5) is 0 Å². The molecule has 4 heteroatoms. The Morgan fingerprint density at radius 1 is 1.25 bits per heavy atom. The van der Waals surface area contributed by atoms with Gasteiger partial charge in [0.2, 0.25) is 0 Å². The average Bonchev–Trinajstić information content (AvgIpc) is 2.15. The number of carbonyl (C=O) groups is 1. The molecule has 0 aliphatic heterocycles. The summed E-state index contributed by atoms with van der Waals surface area (Å²) in [6.45, 7) is 4.41. The first kappa shape index (κ1) is 12.4. The van der Waals surface area contributed by atoms with E-state index >= 15 is 0 Å². The molecule has 1 aromatic rings. The third-order valence-electron chi connectivity index (χ3n) is 2.07. The minimum atomic E-state index is -0.535. The van der Waals surface area contributed by atoms with Gasteiger partial charge in [0, 0.05) is 6.07 Å². The molecule has 0 atom stereocenters. The van der Waals surface area contributed by atoms with Crippen molar-refractivity contribution in [3.63, 3.8) is 0 Å². The van der Waals surface area contributed by atoms with Crippen LogP contribution >= 0.6 is 0 Å². The second kappa shape index (κ2) is 5.39. The predicted octanol–water partition coefficient (Wildman–Crippen LogP) is 2.30. The van der Waals surface area contributed by atoms with Gasteiger partial charge in [-0.3, -0.25) is 0 Å². The second-order valence-electron chi connectivity index (χ2n) is 4.06. The van der Waals surface area contributed by atoms with Crippen LogP contribution in [0.2, 0.25) is 0 Å². The van der Waals surface area contributed by atoms with Gasteiger partial charge in [-0.15, -0.1) is 0 Å². The number of carbonyl (C=O) groups excluding carboxylic acids is 1. The minimum Gasteiger partial charge on any atom is -0.508 e. The van der Waals surface area contributed by atoms with E-state index in [9.17, 15) is 15.0 Å². The van der Waals surface area contributed by atoms with Crippen molar-refractivity contribution in [2.24, 2.45) is 5.92 Å². The molecule has 0 bridgehead atoms. The highest BCUT2D eigenvalue weighted by molar-refractivity contribution is 5.90. The topological polar surface area (TPSA) is 66.8 Å². The Hall–Kier alpha value is -1.71. The maximum atomic E-state index is 11.5. The number of esters is 1. The van der Waals surface area contributed by atoms with Crippen molar-refractivity contribution < 1.29 is 19.7 Å². The Morgan fingerprint density at radius 2 is 1.81 bits per heavy atom. The summed E-state index contributed by atoms with van der Waals surface area (Å²) in [6.07, 6.45) is 0.788. The molecular weight excluding hydrogens is 208 g/mol. The predicted molar refractivity (Wildman–Crippen MR) is 59.5 cm³/mol. The van der Waals surface area contributed by atoms with Crippen LogP contribution in [-0.4, -0.2) is 22.8 Å². The highest BCUT2D eigenvalue weighted by Gasteiger charge is 2.09. The quantitative estimate of drug-likeness (QED) is 0.770. The number of phenolic OH excluding ortho intramolecular Hbond substituents is 2. The summed E-state index contributed by atoms with van der Waals surface area (Å²) in [7, 11) is 0. The standard InChI is InChI=1S/C12H16O4/c1-8(2)3-4-16-12(15)9-5-10(13)7-11(14)6-9/h5-8,13-14H,3-4H2,1-2H3. The Morgan fingerprint density at radius 3 is 2.31 bits per heavy atom. The number of hydrogen-bond donors (Lipinski definition) is 2. The number of phenols is 2. The molecule has 0 amide bonds. The third-order valence-corrected chi connectivity index (χ3v) is 2.07. The SMILES string of the molecule is CC(C)CCOC(=O)c1cc(O)cc(O)c1. The van der Waals surface area contributed by atoms with Gasteiger partial charge in [-0.2, -0.15) is 0 Å². The maximum Gasteiger partial charge on any atom is 0.338 e. The molecule has 0 aliphatic carbocycles. The van der Waals surface area contributed by atoms with Crippen LogP contribution in [0.1, 0.15) is 30.6 Å². The van der Waals surface area contributed by atoms with E-state index in [1.165, 1.54) is 12.1 Å². The Balaban J connectivity index is 2.59. The van der Waals surface area contributed by atoms with Gasteiger partial charge in [0.25, 0.3) is 0 Å². The van der Waals surface area contributed by atoms with Crippen LogP contribution in [0.3, 0.4) is 0 Å². The van der Waals surface area contributed by atoms with Gasteiger partial charge in [0.05, 0.1) is 12.2 Å². The fourth-order valence-corrected chi connectivity index (χ4v) is 1.18. The van der Waals surface area contributed by atoms with Gasteiger partial charge in [-0.1, -0.05) is 13.8 Å². The molecule has 0 saturated heterocycles. The lowest BCUT2D eigenvalue weighted by Crippen LogP contribution is -2.07. The zero-order valence-electron chi connectivity index (χ0n) is 9.43. The van der Waals surface area contributed by atoms with E-state index in [0.29, 0.717) is 12.5 Å². The maximum absolute atomic E-state index is 11.5. The molecule has 0 spiro atoms. The lowest BCUT2D eigenvalue weighted by Gasteiger charge is -2.07.